The largest absolute Gasteiger partial charge is 0.494 e. The molecule has 4 nitrogen and oxygen atoms in total. The molecular formula is C21H32BNO3. The van der Waals surface area contributed by atoms with Gasteiger partial charge in [0.2, 0.25) is 5.91 Å². The maximum atomic E-state index is 12.3. The van der Waals surface area contributed by atoms with Crippen molar-refractivity contribution in [2.24, 2.45) is 0 Å². The zero-order valence-electron chi connectivity index (χ0n) is 17.7. The molecule has 0 unspecified atom stereocenters. The van der Waals surface area contributed by atoms with E-state index in [9.17, 15) is 4.79 Å². The molecule has 1 saturated heterocycles. The SMILES string of the molecule is CC(C)(C)c1cc(B2OC(C)(C)C(C)(C)O2)cc2c1NC(=O)CC2(C)C. The molecule has 26 heavy (non-hydrogen) atoms. The van der Waals surface area contributed by atoms with Crippen molar-refractivity contribution in [3.63, 3.8) is 0 Å². The Morgan fingerprint density at radius 3 is 2.04 bits per heavy atom. The van der Waals surface area contributed by atoms with Crippen LogP contribution in [-0.4, -0.2) is 24.2 Å². The third-order valence-electron chi connectivity index (χ3n) is 6.09. The summed E-state index contributed by atoms with van der Waals surface area (Å²) in [7, 11) is -0.403. The summed E-state index contributed by atoms with van der Waals surface area (Å²) in [5.41, 5.74) is 3.19. The lowest BCUT2D eigenvalue weighted by Gasteiger charge is -2.36. The molecule has 0 bridgehead atoms. The Hall–Kier alpha value is -1.33. The topological polar surface area (TPSA) is 47.6 Å². The average Bonchev–Trinajstić information content (AvgIpc) is 2.64. The first-order valence-electron chi connectivity index (χ1n) is 9.48. The molecular weight excluding hydrogens is 325 g/mol. The molecule has 0 aliphatic carbocycles. The Bertz CT molecular complexity index is 726. The van der Waals surface area contributed by atoms with Gasteiger partial charge in [0.05, 0.1) is 11.2 Å². The number of rotatable bonds is 1. The molecule has 0 atom stereocenters. The summed E-state index contributed by atoms with van der Waals surface area (Å²) in [6.45, 7) is 19.1. The lowest BCUT2D eigenvalue weighted by Crippen LogP contribution is -2.41. The normalized spacial score (nSPS) is 23.6. The van der Waals surface area contributed by atoms with Gasteiger partial charge >= 0.3 is 7.12 Å². The Labute approximate surface area is 158 Å². The summed E-state index contributed by atoms with van der Waals surface area (Å²) in [4.78, 5) is 12.3. The molecule has 1 aromatic carbocycles. The van der Waals surface area contributed by atoms with E-state index in [0.29, 0.717) is 6.42 Å². The summed E-state index contributed by atoms with van der Waals surface area (Å²) in [6.07, 6.45) is 0.483. The van der Waals surface area contributed by atoms with Gasteiger partial charge in [-0.15, -0.1) is 0 Å². The molecule has 1 aromatic rings. The lowest BCUT2D eigenvalue weighted by molar-refractivity contribution is -0.117. The number of benzene rings is 1. The van der Waals surface area contributed by atoms with Crippen LogP contribution in [0.3, 0.4) is 0 Å². The van der Waals surface area contributed by atoms with Crippen molar-refractivity contribution in [3.05, 3.63) is 23.3 Å². The molecule has 1 amide bonds. The quantitative estimate of drug-likeness (QED) is 0.776. The number of amides is 1. The first-order valence-corrected chi connectivity index (χ1v) is 9.48. The van der Waals surface area contributed by atoms with E-state index in [1.165, 1.54) is 0 Å². The predicted molar refractivity (Wildman–Crippen MR) is 107 cm³/mol. The van der Waals surface area contributed by atoms with Crippen LogP contribution in [-0.2, 0) is 24.9 Å². The van der Waals surface area contributed by atoms with Crippen LogP contribution >= 0.6 is 0 Å². The molecule has 3 rings (SSSR count). The third-order valence-corrected chi connectivity index (χ3v) is 6.09. The zero-order chi connectivity index (χ0) is 19.7. The van der Waals surface area contributed by atoms with Crippen LogP contribution in [0.4, 0.5) is 5.69 Å². The van der Waals surface area contributed by atoms with Crippen LogP contribution in [0.2, 0.25) is 0 Å². The highest BCUT2D eigenvalue weighted by atomic mass is 16.7. The number of nitrogens with one attached hydrogen (secondary N) is 1. The second-order valence-electron chi connectivity index (χ2n) is 10.4. The van der Waals surface area contributed by atoms with Gasteiger partial charge in [-0.05, 0) is 49.7 Å². The van der Waals surface area contributed by atoms with Gasteiger partial charge in [0.1, 0.15) is 0 Å². The molecule has 1 fully saturated rings. The Morgan fingerprint density at radius 2 is 1.54 bits per heavy atom. The molecule has 0 aromatic heterocycles. The molecule has 0 radical (unpaired) electrons. The van der Waals surface area contributed by atoms with Crippen LogP contribution in [0.1, 0.15) is 79.9 Å². The van der Waals surface area contributed by atoms with Gasteiger partial charge in [-0.1, -0.05) is 46.8 Å². The molecule has 2 heterocycles. The third kappa shape index (κ3) is 3.09. The smallest absolute Gasteiger partial charge is 0.399 e. The summed E-state index contributed by atoms with van der Waals surface area (Å²) in [6, 6.07) is 4.30. The molecule has 2 aliphatic heterocycles. The minimum atomic E-state index is -0.403. The van der Waals surface area contributed by atoms with Gasteiger partial charge in [-0.25, -0.2) is 0 Å². The van der Waals surface area contributed by atoms with Crippen LogP contribution in [0.15, 0.2) is 12.1 Å². The Balaban J connectivity index is 2.17. The summed E-state index contributed by atoms with van der Waals surface area (Å²) in [5.74, 6) is 0.0800. The standard InChI is InChI=1S/C21H32BNO3/c1-18(2,3)14-10-13(22-25-20(6,7)21(8,9)26-22)11-15-17(14)23-16(24)12-19(15,4)5/h10-11H,12H2,1-9H3,(H,23,24). The van der Waals surface area contributed by atoms with Crippen LogP contribution < -0.4 is 10.8 Å². The predicted octanol–water partition coefficient (Wildman–Crippen LogP) is 3.90. The van der Waals surface area contributed by atoms with Crippen molar-refractivity contribution in [2.45, 2.75) is 90.8 Å². The van der Waals surface area contributed by atoms with Crippen molar-refractivity contribution in [3.8, 4) is 0 Å². The maximum absolute atomic E-state index is 12.3. The molecule has 0 spiro atoms. The second-order valence-corrected chi connectivity index (χ2v) is 10.4. The van der Waals surface area contributed by atoms with Gasteiger partial charge in [0.25, 0.3) is 0 Å². The molecule has 5 heteroatoms. The van der Waals surface area contributed by atoms with Crippen LogP contribution in [0.5, 0.6) is 0 Å². The number of carbonyl (C=O) groups excluding carboxylic acids is 1. The highest BCUT2D eigenvalue weighted by molar-refractivity contribution is 6.62. The highest BCUT2D eigenvalue weighted by Crippen LogP contribution is 2.43. The van der Waals surface area contributed by atoms with E-state index in [1.807, 2.05) is 0 Å². The minimum absolute atomic E-state index is 0.0800. The second kappa shape index (κ2) is 5.59. The van der Waals surface area contributed by atoms with Crippen molar-refractivity contribution in [1.82, 2.24) is 0 Å². The Morgan fingerprint density at radius 1 is 1.00 bits per heavy atom. The van der Waals surface area contributed by atoms with Crippen LogP contribution in [0.25, 0.3) is 0 Å². The fraction of sp³-hybridized carbons (Fsp3) is 0.667. The fourth-order valence-corrected chi connectivity index (χ4v) is 3.72. The van der Waals surface area contributed by atoms with E-state index in [1.54, 1.807) is 0 Å². The van der Waals surface area contributed by atoms with Crippen molar-refractivity contribution in [2.75, 3.05) is 5.32 Å². The van der Waals surface area contributed by atoms with E-state index in [-0.39, 0.29) is 27.9 Å². The highest BCUT2D eigenvalue weighted by Gasteiger charge is 2.52. The molecule has 2 aliphatic rings. The maximum Gasteiger partial charge on any atom is 0.494 e. The van der Waals surface area contributed by atoms with E-state index >= 15 is 0 Å². The van der Waals surface area contributed by atoms with Gasteiger partial charge in [-0.3, -0.25) is 4.79 Å². The first-order chi connectivity index (χ1) is 11.6. The number of carbonyl (C=O) groups is 1. The van der Waals surface area contributed by atoms with Gasteiger partial charge in [0, 0.05) is 17.5 Å². The van der Waals surface area contributed by atoms with Crippen molar-refractivity contribution < 1.29 is 14.1 Å². The van der Waals surface area contributed by atoms with Crippen molar-refractivity contribution in [1.29, 1.82) is 0 Å². The first kappa shape index (κ1) is 19.4. The zero-order valence-corrected chi connectivity index (χ0v) is 17.7. The average molecular weight is 357 g/mol. The minimum Gasteiger partial charge on any atom is -0.399 e. The van der Waals surface area contributed by atoms with E-state index in [0.717, 1.165) is 22.3 Å². The molecule has 1 N–H and O–H groups in total. The van der Waals surface area contributed by atoms with Gasteiger partial charge < -0.3 is 14.6 Å². The van der Waals surface area contributed by atoms with Gasteiger partial charge in [-0.2, -0.15) is 0 Å². The van der Waals surface area contributed by atoms with E-state index in [2.05, 4.69) is 79.8 Å². The molecule has 0 saturated carbocycles. The molecule has 142 valence electrons. The summed E-state index contributed by atoms with van der Waals surface area (Å²) < 4.78 is 12.6. The number of fused-ring (bicyclic) bond motifs is 1. The Kier molecular flexibility index (Phi) is 4.18. The monoisotopic (exact) mass is 357 g/mol. The number of hydrogen-bond donors (Lipinski definition) is 1. The fourth-order valence-electron chi connectivity index (χ4n) is 3.72. The summed E-state index contributed by atoms with van der Waals surface area (Å²) >= 11 is 0. The van der Waals surface area contributed by atoms with Crippen molar-refractivity contribution >= 4 is 24.2 Å². The van der Waals surface area contributed by atoms with E-state index in [4.69, 9.17) is 9.31 Å². The lowest BCUT2D eigenvalue weighted by atomic mass is 9.68. The number of anilines is 1. The van der Waals surface area contributed by atoms with Gasteiger partial charge in [0.15, 0.2) is 0 Å². The van der Waals surface area contributed by atoms with Crippen LogP contribution in [0, 0.1) is 0 Å². The summed E-state index contributed by atoms with van der Waals surface area (Å²) in [5, 5.41) is 3.12. The van der Waals surface area contributed by atoms with E-state index < -0.39 is 7.12 Å². The number of hydrogen-bond acceptors (Lipinski definition) is 3.